The topological polar surface area (TPSA) is 105 Å². The maximum Gasteiger partial charge on any atom is 0.408 e. The van der Waals surface area contributed by atoms with Crippen LogP contribution in [-0.2, 0) is 20.9 Å². The van der Waals surface area contributed by atoms with E-state index in [1.54, 1.807) is 19.9 Å². The minimum atomic E-state index is -0.939. The number of carboxylic acid groups (broad SMARTS) is 1. The molecule has 0 saturated carbocycles. The SMILES string of the molecule is C[C@H](/C=C/[C@H](C)NC(=O)[C@H](C)NC(=O)OCc1ccccc1)C(=O)O. The number of rotatable bonds is 8. The van der Waals surface area contributed by atoms with E-state index in [9.17, 15) is 14.4 Å². The van der Waals surface area contributed by atoms with Gasteiger partial charge in [-0.25, -0.2) is 4.79 Å². The van der Waals surface area contributed by atoms with E-state index in [1.165, 1.54) is 13.0 Å². The van der Waals surface area contributed by atoms with Gasteiger partial charge in [-0.1, -0.05) is 42.5 Å². The second kappa shape index (κ2) is 10.1. The molecule has 0 fully saturated rings. The second-order valence-electron chi connectivity index (χ2n) is 5.74. The van der Waals surface area contributed by atoms with Crippen molar-refractivity contribution in [3.8, 4) is 0 Å². The van der Waals surface area contributed by atoms with E-state index in [0.717, 1.165) is 5.56 Å². The Kier molecular flexibility index (Phi) is 8.18. The third-order valence-corrected chi connectivity index (χ3v) is 3.39. The van der Waals surface area contributed by atoms with Gasteiger partial charge >= 0.3 is 12.1 Å². The highest BCUT2D eigenvalue weighted by Gasteiger charge is 2.17. The molecule has 0 saturated heterocycles. The first-order valence-electron chi connectivity index (χ1n) is 7.98. The number of ether oxygens (including phenoxy) is 1. The number of carbonyl (C=O) groups excluding carboxylic acids is 2. The van der Waals surface area contributed by atoms with Crippen molar-refractivity contribution in [1.29, 1.82) is 0 Å². The van der Waals surface area contributed by atoms with Crippen molar-refractivity contribution >= 4 is 18.0 Å². The number of benzene rings is 1. The van der Waals surface area contributed by atoms with Crippen LogP contribution in [0.5, 0.6) is 0 Å². The van der Waals surface area contributed by atoms with Gasteiger partial charge < -0.3 is 20.5 Å². The average Bonchev–Trinajstić information content (AvgIpc) is 2.58. The van der Waals surface area contributed by atoms with Crippen molar-refractivity contribution in [3.05, 3.63) is 48.0 Å². The van der Waals surface area contributed by atoms with Gasteiger partial charge in [0.1, 0.15) is 12.6 Å². The molecule has 136 valence electrons. The lowest BCUT2D eigenvalue weighted by molar-refractivity contribution is -0.139. The van der Waals surface area contributed by atoms with E-state index in [-0.39, 0.29) is 12.6 Å². The molecule has 0 heterocycles. The lowest BCUT2D eigenvalue weighted by Crippen LogP contribution is -2.47. The fraction of sp³-hybridized carbons (Fsp3) is 0.389. The van der Waals surface area contributed by atoms with Crippen molar-refractivity contribution in [1.82, 2.24) is 10.6 Å². The highest BCUT2D eigenvalue weighted by atomic mass is 16.5. The number of amides is 2. The molecule has 0 aromatic heterocycles. The first-order valence-corrected chi connectivity index (χ1v) is 7.98. The number of nitrogens with one attached hydrogen (secondary N) is 2. The highest BCUT2D eigenvalue weighted by molar-refractivity contribution is 5.85. The smallest absolute Gasteiger partial charge is 0.408 e. The van der Waals surface area contributed by atoms with Gasteiger partial charge in [0, 0.05) is 6.04 Å². The molecule has 1 rings (SSSR count). The van der Waals surface area contributed by atoms with Crippen LogP contribution in [0.4, 0.5) is 4.79 Å². The summed E-state index contributed by atoms with van der Waals surface area (Å²) in [6.45, 7) is 4.91. The van der Waals surface area contributed by atoms with Crippen molar-refractivity contribution in [2.75, 3.05) is 0 Å². The second-order valence-corrected chi connectivity index (χ2v) is 5.74. The molecule has 0 spiro atoms. The molecular formula is C18H24N2O5. The fourth-order valence-electron chi connectivity index (χ4n) is 1.82. The van der Waals surface area contributed by atoms with Crippen LogP contribution in [0.25, 0.3) is 0 Å². The fourth-order valence-corrected chi connectivity index (χ4v) is 1.82. The molecule has 1 aromatic carbocycles. The molecular weight excluding hydrogens is 324 g/mol. The first kappa shape index (κ1) is 20.2. The molecule has 0 radical (unpaired) electrons. The summed E-state index contributed by atoms with van der Waals surface area (Å²) < 4.78 is 5.05. The Morgan fingerprint density at radius 3 is 2.32 bits per heavy atom. The number of carboxylic acids is 1. The minimum Gasteiger partial charge on any atom is -0.481 e. The zero-order chi connectivity index (χ0) is 18.8. The molecule has 25 heavy (non-hydrogen) atoms. The van der Waals surface area contributed by atoms with E-state index in [4.69, 9.17) is 9.84 Å². The molecule has 3 N–H and O–H groups in total. The maximum absolute atomic E-state index is 12.0. The van der Waals surface area contributed by atoms with E-state index in [1.807, 2.05) is 30.3 Å². The van der Waals surface area contributed by atoms with Crippen LogP contribution in [-0.4, -0.2) is 35.2 Å². The molecule has 7 nitrogen and oxygen atoms in total. The van der Waals surface area contributed by atoms with E-state index in [0.29, 0.717) is 0 Å². The number of carbonyl (C=O) groups is 3. The van der Waals surface area contributed by atoms with Gasteiger partial charge in [0.15, 0.2) is 0 Å². The Morgan fingerprint density at radius 2 is 1.72 bits per heavy atom. The first-order chi connectivity index (χ1) is 11.8. The van der Waals surface area contributed by atoms with Gasteiger partial charge in [0.2, 0.25) is 5.91 Å². The Morgan fingerprint density at radius 1 is 1.08 bits per heavy atom. The standard InChI is InChI=1S/C18H24N2O5/c1-12(17(22)23)9-10-13(2)19-16(21)14(3)20-18(24)25-11-15-7-5-4-6-8-15/h4-10,12-14H,11H2,1-3H3,(H,19,21)(H,20,24)(H,22,23)/b10-9+/t12-,13+,14+/m1/s1. The summed E-state index contributed by atoms with van der Waals surface area (Å²) >= 11 is 0. The van der Waals surface area contributed by atoms with Gasteiger partial charge in [0.05, 0.1) is 5.92 Å². The van der Waals surface area contributed by atoms with Gasteiger partial charge in [-0.15, -0.1) is 0 Å². The van der Waals surface area contributed by atoms with E-state index >= 15 is 0 Å². The van der Waals surface area contributed by atoms with Gasteiger partial charge in [-0.2, -0.15) is 0 Å². The highest BCUT2D eigenvalue weighted by Crippen LogP contribution is 2.01. The lowest BCUT2D eigenvalue weighted by Gasteiger charge is -2.16. The Hall–Kier alpha value is -2.83. The molecule has 0 aliphatic carbocycles. The van der Waals surface area contributed by atoms with Gasteiger partial charge in [-0.3, -0.25) is 9.59 Å². The Labute approximate surface area is 147 Å². The van der Waals surface area contributed by atoms with Crippen molar-refractivity contribution in [2.45, 2.75) is 39.5 Å². The molecule has 0 aliphatic heterocycles. The summed E-state index contributed by atoms with van der Waals surface area (Å²) in [7, 11) is 0. The normalized spacial score (nSPS) is 14.4. The Bertz CT molecular complexity index is 615. The van der Waals surface area contributed by atoms with Crippen molar-refractivity contribution < 1.29 is 24.2 Å². The van der Waals surface area contributed by atoms with Crippen LogP contribution in [0.3, 0.4) is 0 Å². The molecule has 2 amide bonds. The third kappa shape index (κ3) is 8.01. The zero-order valence-corrected chi connectivity index (χ0v) is 14.6. The van der Waals surface area contributed by atoms with E-state index < -0.39 is 29.9 Å². The number of hydrogen-bond donors (Lipinski definition) is 3. The van der Waals surface area contributed by atoms with Gasteiger partial charge in [-0.05, 0) is 26.3 Å². The molecule has 3 atom stereocenters. The molecule has 0 bridgehead atoms. The predicted octanol–water partition coefficient (Wildman–Crippen LogP) is 2.08. The largest absolute Gasteiger partial charge is 0.481 e. The predicted molar refractivity (Wildman–Crippen MR) is 92.8 cm³/mol. The molecule has 0 unspecified atom stereocenters. The summed E-state index contributed by atoms with van der Waals surface area (Å²) in [6, 6.07) is 8.06. The molecule has 7 heteroatoms. The average molecular weight is 348 g/mol. The van der Waals surface area contributed by atoms with Crippen molar-refractivity contribution in [3.63, 3.8) is 0 Å². The number of alkyl carbamates (subject to hydrolysis) is 1. The van der Waals surface area contributed by atoms with Gasteiger partial charge in [0.25, 0.3) is 0 Å². The van der Waals surface area contributed by atoms with Crippen LogP contribution >= 0.6 is 0 Å². The van der Waals surface area contributed by atoms with Crippen LogP contribution < -0.4 is 10.6 Å². The van der Waals surface area contributed by atoms with Crippen LogP contribution in [0.15, 0.2) is 42.5 Å². The molecule has 0 aliphatic rings. The zero-order valence-electron chi connectivity index (χ0n) is 14.6. The maximum atomic E-state index is 12.0. The van der Waals surface area contributed by atoms with E-state index in [2.05, 4.69) is 10.6 Å². The third-order valence-electron chi connectivity index (χ3n) is 3.39. The lowest BCUT2D eigenvalue weighted by atomic mass is 10.1. The van der Waals surface area contributed by atoms with Crippen LogP contribution in [0.2, 0.25) is 0 Å². The quantitative estimate of drug-likeness (QED) is 0.624. The number of hydrogen-bond acceptors (Lipinski definition) is 4. The summed E-state index contributed by atoms with van der Waals surface area (Å²) in [5.41, 5.74) is 0.848. The monoisotopic (exact) mass is 348 g/mol. The molecule has 1 aromatic rings. The summed E-state index contributed by atoms with van der Waals surface area (Å²) in [6.07, 6.45) is 2.41. The Balaban J connectivity index is 2.37. The number of aliphatic carboxylic acids is 1. The summed E-state index contributed by atoms with van der Waals surface area (Å²) in [5.74, 6) is -1.97. The van der Waals surface area contributed by atoms with Crippen LogP contribution in [0.1, 0.15) is 26.3 Å². The summed E-state index contributed by atoms with van der Waals surface area (Å²) in [4.78, 5) is 34.5. The summed E-state index contributed by atoms with van der Waals surface area (Å²) in [5, 5.41) is 13.9. The van der Waals surface area contributed by atoms with Crippen molar-refractivity contribution in [2.24, 2.45) is 5.92 Å². The van der Waals surface area contributed by atoms with Crippen LogP contribution in [0, 0.1) is 5.92 Å². The minimum absolute atomic E-state index is 0.118.